The Bertz CT molecular complexity index is 804. The number of piperazine rings is 1. The van der Waals surface area contributed by atoms with Crippen molar-refractivity contribution < 1.29 is 22.7 Å². The Labute approximate surface area is 163 Å². The Morgan fingerprint density at radius 3 is 2.07 bits per heavy atom. The lowest BCUT2D eigenvalue weighted by atomic mass is 10.3. The summed E-state index contributed by atoms with van der Waals surface area (Å²) in [6, 6.07) is 3.31. The van der Waals surface area contributed by atoms with Crippen LogP contribution in [0.15, 0.2) is 12.1 Å². The first-order chi connectivity index (χ1) is 12.7. The number of ketones is 1. The molecule has 0 aromatic carbocycles. The minimum absolute atomic E-state index is 0.0658. The van der Waals surface area contributed by atoms with E-state index in [-0.39, 0.29) is 37.0 Å². The number of hydrogen-bond acceptors (Lipinski definition) is 6. The number of carbonyl (C=O) groups is 2. The third-order valence-electron chi connectivity index (χ3n) is 4.73. The predicted octanol–water partition coefficient (Wildman–Crippen LogP) is 1.06. The summed E-state index contributed by atoms with van der Waals surface area (Å²) in [5.74, 6) is -0.220. The molecule has 2 fully saturated rings. The number of carbonyl (C=O) groups excluding carboxylic acids is 2. The molecular weight excluding hydrogens is 390 g/mol. The highest BCUT2D eigenvalue weighted by Crippen LogP contribution is 2.22. The molecule has 2 atom stereocenters. The zero-order valence-electron chi connectivity index (χ0n) is 15.8. The lowest BCUT2D eigenvalue weighted by Crippen LogP contribution is -2.57. The molecule has 1 aromatic heterocycles. The van der Waals surface area contributed by atoms with Gasteiger partial charge in [-0.1, -0.05) is 0 Å². The molecule has 27 heavy (non-hydrogen) atoms. The topological polar surface area (TPSA) is 87.2 Å². The Morgan fingerprint density at radius 2 is 1.56 bits per heavy atom. The van der Waals surface area contributed by atoms with Crippen LogP contribution in [0, 0.1) is 0 Å². The molecule has 10 heteroatoms. The van der Waals surface area contributed by atoms with E-state index < -0.39 is 10.2 Å². The second-order valence-corrected chi connectivity index (χ2v) is 10.0. The van der Waals surface area contributed by atoms with Crippen LogP contribution in [0.3, 0.4) is 0 Å². The number of hydrogen-bond donors (Lipinski definition) is 0. The smallest absolute Gasteiger partial charge is 0.282 e. The quantitative estimate of drug-likeness (QED) is 0.687. The van der Waals surface area contributed by atoms with Crippen molar-refractivity contribution in [2.75, 3.05) is 39.3 Å². The van der Waals surface area contributed by atoms with Crippen molar-refractivity contribution >= 4 is 33.2 Å². The average Bonchev–Trinajstić information content (AvgIpc) is 3.11. The van der Waals surface area contributed by atoms with E-state index in [1.165, 1.54) is 26.9 Å². The van der Waals surface area contributed by atoms with Gasteiger partial charge < -0.3 is 9.64 Å². The van der Waals surface area contributed by atoms with E-state index >= 15 is 0 Å². The van der Waals surface area contributed by atoms with Gasteiger partial charge >= 0.3 is 0 Å². The van der Waals surface area contributed by atoms with Crippen molar-refractivity contribution in [3.8, 4) is 0 Å². The summed E-state index contributed by atoms with van der Waals surface area (Å²) in [5, 5.41) is 0. The second-order valence-electron chi connectivity index (χ2n) is 6.99. The number of Topliss-reactive ketones (excluding diaryl/α,β-unsaturated/α-hetero) is 1. The van der Waals surface area contributed by atoms with Crippen LogP contribution in [0.5, 0.6) is 0 Å². The SMILES string of the molecule is CC(=O)c1ccc(C(=O)N2CCN(S(=O)(=O)N3C[C@@H](C)O[C@@H](C)C3)CC2)s1. The molecule has 3 rings (SSSR count). The van der Waals surface area contributed by atoms with E-state index in [1.807, 2.05) is 13.8 Å². The first-order valence-electron chi connectivity index (χ1n) is 8.99. The highest BCUT2D eigenvalue weighted by atomic mass is 32.2. The van der Waals surface area contributed by atoms with Crippen LogP contribution in [0.4, 0.5) is 0 Å². The molecule has 0 N–H and O–H groups in total. The maximum absolute atomic E-state index is 12.9. The van der Waals surface area contributed by atoms with Gasteiger partial charge in [-0.15, -0.1) is 11.3 Å². The summed E-state index contributed by atoms with van der Waals surface area (Å²) in [4.78, 5) is 26.7. The van der Waals surface area contributed by atoms with Gasteiger partial charge in [0.05, 0.1) is 22.0 Å². The first-order valence-corrected chi connectivity index (χ1v) is 11.2. The maximum atomic E-state index is 12.9. The third-order valence-corrected chi connectivity index (χ3v) is 7.87. The number of morpholine rings is 1. The van der Waals surface area contributed by atoms with Gasteiger partial charge in [0, 0.05) is 39.3 Å². The fourth-order valence-electron chi connectivity index (χ4n) is 3.40. The average molecular weight is 416 g/mol. The van der Waals surface area contributed by atoms with Gasteiger partial charge in [-0.3, -0.25) is 9.59 Å². The second kappa shape index (κ2) is 7.96. The molecule has 3 heterocycles. The molecule has 1 aromatic rings. The van der Waals surface area contributed by atoms with Crippen molar-refractivity contribution in [3.63, 3.8) is 0 Å². The van der Waals surface area contributed by atoms with Gasteiger partial charge in [0.2, 0.25) is 0 Å². The van der Waals surface area contributed by atoms with Gasteiger partial charge in [-0.2, -0.15) is 17.0 Å². The van der Waals surface area contributed by atoms with Crippen LogP contribution in [-0.4, -0.2) is 85.1 Å². The molecule has 1 amide bonds. The molecule has 8 nitrogen and oxygen atoms in total. The zero-order chi connectivity index (χ0) is 19.8. The molecule has 2 saturated heterocycles. The van der Waals surface area contributed by atoms with Crippen LogP contribution in [0.2, 0.25) is 0 Å². The van der Waals surface area contributed by atoms with Crippen LogP contribution >= 0.6 is 11.3 Å². The summed E-state index contributed by atoms with van der Waals surface area (Å²) in [7, 11) is -3.57. The zero-order valence-corrected chi connectivity index (χ0v) is 17.4. The molecule has 0 spiro atoms. The van der Waals surface area contributed by atoms with Crippen LogP contribution in [-0.2, 0) is 14.9 Å². The van der Waals surface area contributed by atoms with E-state index in [0.717, 1.165) is 0 Å². The minimum atomic E-state index is -3.57. The lowest BCUT2D eigenvalue weighted by molar-refractivity contribution is -0.0457. The fraction of sp³-hybridized carbons (Fsp3) is 0.647. The third kappa shape index (κ3) is 4.40. The van der Waals surface area contributed by atoms with E-state index in [9.17, 15) is 18.0 Å². The molecule has 2 aliphatic heterocycles. The van der Waals surface area contributed by atoms with E-state index in [2.05, 4.69) is 0 Å². The molecule has 0 aliphatic carbocycles. The lowest BCUT2D eigenvalue weighted by Gasteiger charge is -2.40. The van der Waals surface area contributed by atoms with Gasteiger partial charge in [0.15, 0.2) is 5.78 Å². The Hall–Kier alpha value is -1.33. The van der Waals surface area contributed by atoms with Crippen LogP contribution in [0.1, 0.15) is 40.1 Å². The van der Waals surface area contributed by atoms with Crippen LogP contribution < -0.4 is 0 Å². The van der Waals surface area contributed by atoms with Crippen molar-refractivity contribution in [1.29, 1.82) is 0 Å². The Morgan fingerprint density at radius 1 is 1.00 bits per heavy atom. The number of amides is 1. The van der Waals surface area contributed by atoms with Gasteiger partial charge in [-0.05, 0) is 32.9 Å². The van der Waals surface area contributed by atoms with E-state index in [1.54, 1.807) is 17.0 Å². The van der Waals surface area contributed by atoms with Gasteiger partial charge in [-0.25, -0.2) is 0 Å². The van der Waals surface area contributed by atoms with Crippen molar-refractivity contribution in [3.05, 3.63) is 21.9 Å². The fourth-order valence-corrected chi connectivity index (χ4v) is 6.02. The van der Waals surface area contributed by atoms with Crippen molar-refractivity contribution in [2.45, 2.75) is 33.0 Å². The molecule has 0 radical (unpaired) electrons. The van der Waals surface area contributed by atoms with Gasteiger partial charge in [0.1, 0.15) is 0 Å². The first kappa shape index (κ1) is 20.4. The number of thiophene rings is 1. The summed E-state index contributed by atoms with van der Waals surface area (Å²) < 4.78 is 34.4. The van der Waals surface area contributed by atoms with Crippen molar-refractivity contribution in [1.82, 2.24) is 13.5 Å². The number of rotatable bonds is 4. The summed E-state index contributed by atoms with van der Waals surface area (Å²) in [6.45, 7) is 7.08. The largest absolute Gasteiger partial charge is 0.373 e. The summed E-state index contributed by atoms with van der Waals surface area (Å²) in [6.07, 6.45) is -0.276. The molecule has 0 unspecified atom stereocenters. The van der Waals surface area contributed by atoms with Crippen molar-refractivity contribution in [2.24, 2.45) is 0 Å². The summed E-state index contributed by atoms with van der Waals surface area (Å²) >= 11 is 1.18. The predicted molar refractivity (Wildman–Crippen MR) is 102 cm³/mol. The Balaban J connectivity index is 1.62. The molecule has 150 valence electrons. The molecular formula is C17H25N3O5S2. The highest BCUT2D eigenvalue weighted by Gasteiger charge is 2.37. The standard InChI is InChI=1S/C17H25N3O5S2/c1-12-10-20(11-13(2)25-12)27(23,24)19-8-6-18(7-9-19)17(22)16-5-4-15(26-16)14(3)21/h4-5,12-13H,6-11H2,1-3H3/t12-,13+. The Kier molecular flexibility index (Phi) is 6.02. The van der Waals surface area contributed by atoms with Gasteiger partial charge in [0.25, 0.3) is 16.1 Å². The summed E-state index contributed by atoms with van der Waals surface area (Å²) in [5.41, 5.74) is 0. The monoisotopic (exact) mass is 415 g/mol. The van der Waals surface area contributed by atoms with E-state index in [4.69, 9.17) is 4.74 Å². The van der Waals surface area contributed by atoms with E-state index in [0.29, 0.717) is 35.9 Å². The van der Waals surface area contributed by atoms with Crippen LogP contribution in [0.25, 0.3) is 0 Å². The highest BCUT2D eigenvalue weighted by molar-refractivity contribution is 7.86. The molecule has 2 aliphatic rings. The number of nitrogens with zero attached hydrogens (tertiary/aromatic N) is 3. The number of ether oxygens (including phenoxy) is 1. The minimum Gasteiger partial charge on any atom is -0.373 e. The normalized spacial score (nSPS) is 25.5. The maximum Gasteiger partial charge on any atom is 0.282 e. The molecule has 0 bridgehead atoms. The molecule has 0 saturated carbocycles.